The summed E-state index contributed by atoms with van der Waals surface area (Å²) in [6, 6.07) is 2.51. The third kappa shape index (κ3) is 3.15. The fraction of sp³-hybridized carbons (Fsp3) is 0.462. The normalized spacial score (nSPS) is 11.4. The predicted octanol–water partition coefficient (Wildman–Crippen LogP) is 2.98. The second-order valence-corrected chi connectivity index (χ2v) is 5.10. The lowest BCUT2D eigenvalue weighted by Gasteiger charge is -2.04. The summed E-state index contributed by atoms with van der Waals surface area (Å²) in [5.74, 6) is 0.887. The molecular weight excluding hydrogens is 250 g/mol. The van der Waals surface area contributed by atoms with Crippen LogP contribution in [0.3, 0.4) is 0 Å². The minimum Gasteiger partial charge on any atom is -0.467 e. The Morgan fingerprint density at radius 1 is 1.50 bits per heavy atom. The van der Waals surface area contributed by atoms with Gasteiger partial charge in [0, 0.05) is 18.2 Å². The molecule has 0 saturated heterocycles. The fourth-order valence-electron chi connectivity index (χ4n) is 1.65. The van der Waals surface area contributed by atoms with Gasteiger partial charge in [-0.1, -0.05) is 25.4 Å². The SMILES string of the molecule is Cc1c(Cl)cnn1Cc1cc(CNC(C)C)co1. The molecule has 0 aliphatic heterocycles. The van der Waals surface area contributed by atoms with Crippen molar-refractivity contribution >= 4 is 11.6 Å². The van der Waals surface area contributed by atoms with Crippen LogP contribution in [0.2, 0.25) is 5.02 Å². The summed E-state index contributed by atoms with van der Waals surface area (Å²) < 4.78 is 7.36. The molecule has 2 heterocycles. The number of nitrogens with zero attached hydrogens (tertiary/aromatic N) is 2. The number of hydrogen-bond donors (Lipinski definition) is 1. The molecule has 0 unspecified atom stereocenters. The van der Waals surface area contributed by atoms with E-state index in [1.165, 1.54) is 0 Å². The Kier molecular flexibility index (Phi) is 4.09. The Hall–Kier alpha value is -1.26. The summed E-state index contributed by atoms with van der Waals surface area (Å²) in [6.07, 6.45) is 3.44. The zero-order valence-corrected chi connectivity index (χ0v) is 11.7. The fourth-order valence-corrected chi connectivity index (χ4v) is 1.80. The summed E-state index contributed by atoms with van der Waals surface area (Å²) in [5.41, 5.74) is 2.10. The van der Waals surface area contributed by atoms with Crippen molar-refractivity contribution < 1.29 is 4.42 Å². The van der Waals surface area contributed by atoms with E-state index in [0.29, 0.717) is 17.6 Å². The molecule has 0 spiro atoms. The molecule has 4 nitrogen and oxygen atoms in total. The number of hydrogen-bond acceptors (Lipinski definition) is 3. The topological polar surface area (TPSA) is 43.0 Å². The van der Waals surface area contributed by atoms with Crippen LogP contribution in [0.5, 0.6) is 0 Å². The molecular formula is C13H18ClN3O. The summed E-state index contributed by atoms with van der Waals surface area (Å²) in [4.78, 5) is 0. The van der Waals surface area contributed by atoms with Crippen LogP contribution >= 0.6 is 11.6 Å². The number of halogens is 1. The molecule has 5 heteroatoms. The third-order valence-electron chi connectivity index (χ3n) is 2.77. The van der Waals surface area contributed by atoms with Gasteiger partial charge in [0.1, 0.15) is 5.76 Å². The average Bonchev–Trinajstić information content (AvgIpc) is 2.89. The van der Waals surface area contributed by atoms with Crippen LogP contribution in [0.15, 0.2) is 22.9 Å². The van der Waals surface area contributed by atoms with Crippen molar-refractivity contribution in [2.45, 2.75) is 39.9 Å². The molecule has 0 aliphatic rings. The molecule has 2 aromatic rings. The number of rotatable bonds is 5. The van der Waals surface area contributed by atoms with E-state index in [2.05, 4.69) is 24.3 Å². The zero-order chi connectivity index (χ0) is 13.1. The molecule has 2 aromatic heterocycles. The molecule has 0 aromatic carbocycles. The lowest BCUT2D eigenvalue weighted by molar-refractivity contribution is 0.474. The van der Waals surface area contributed by atoms with Gasteiger partial charge in [0.25, 0.3) is 0 Å². The van der Waals surface area contributed by atoms with Gasteiger partial charge in [-0.25, -0.2) is 0 Å². The lowest BCUT2D eigenvalue weighted by atomic mass is 10.3. The highest BCUT2D eigenvalue weighted by molar-refractivity contribution is 6.31. The van der Waals surface area contributed by atoms with Gasteiger partial charge < -0.3 is 9.73 Å². The molecule has 0 amide bonds. The van der Waals surface area contributed by atoms with E-state index in [9.17, 15) is 0 Å². The second kappa shape index (κ2) is 5.59. The number of furan rings is 1. The molecule has 0 bridgehead atoms. The molecule has 2 rings (SSSR count). The highest BCUT2D eigenvalue weighted by Gasteiger charge is 2.08. The minimum atomic E-state index is 0.468. The minimum absolute atomic E-state index is 0.468. The first kappa shape index (κ1) is 13.2. The highest BCUT2D eigenvalue weighted by atomic mass is 35.5. The summed E-state index contributed by atoms with van der Waals surface area (Å²) in [7, 11) is 0. The lowest BCUT2D eigenvalue weighted by Crippen LogP contribution is -2.21. The van der Waals surface area contributed by atoms with Crippen molar-refractivity contribution in [2.75, 3.05) is 0 Å². The molecule has 18 heavy (non-hydrogen) atoms. The molecule has 0 radical (unpaired) electrons. The largest absolute Gasteiger partial charge is 0.467 e. The van der Waals surface area contributed by atoms with Gasteiger partial charge in [-0.3, -0.25) is 4.68 Å². The Morgan fingerprint density at radius 2 is 2.28 bits per heavy atom. The Bertz CT molecular complexity index is 516. The summed E-state index contributed by atoms with van der Waals surface area (Å²) in [5, 5.41) is 8.24. The first-order valence-electron chi connectivity index (χ1n) is 6.04. The van der Waals surface area contributed by atoms with Crippen molar-refractivity contribution in [3.8, 4) is 0 Å². The van der Waals surface area contributed by atoms with Gasteiger partial charge in [-0.05, 0) is 13.0 Å². The Morgan fingerprint density at radius 3 is 2.89 bits per heavy atom. The molecule has 0 aliphatic carbocycles. The molecule has 0 saturated carbocycles. The Balaban J connectivity index is 2.00. The van der Waals surface area contributed by atoms with E-state index in [1.54, 1.807) is 12.5 Å². The van der Waals surface area contributed by atoms with E-state index in [4.69, 9.17) is 16.0 Å². The van der Waals surface area contributed by atoms with Crippen LogP contribution in [-0.4, -0.2) is 15.8 Å². The summed E-state index contributed by atoms with van der Waals surface area (Å²) in [6.45, 7) is 7.62. The maximum absolute atomic E-state index is 5.96. The Labute approximate surface area is 112 Å². The van der Waals surface area contributed by atoms with Gasteiger partial charge >= 0.3 is 0 Å². The van der Waals surface area contributed by atoms with Crippen LogP contribution in [0.1, 0.15) is 30.9 Å². The highest BCUT2D eigenvalue weighted by Crippen LogP contribution is 2.16. The van der Waals surface area contributed by atoms with Crippen LogP contribution in [0.25, 0.3) is 0 Å². The first-order chi connectivity index (χ1) is 8.56. The van der Waals surface area contributed by atoms with Crippen molar-refractivity contribution in [1.82, 2.24) is 15.1 Å². The second-order valence-electron chi connectivity index (χ2n) is 4.69. The van der Waals surface area contributed by atoms with Gasteiger partial charge in [0.2, 0.25) is 0 Å². The van der Waals surface area contributed by atoms with Crippen LogP contribution in [0.4, 0.5) is 0 Å². The standard InChI is InChI=1S/C13H18ClN3O/c1-9(2)15-5-11-4-12(18-8-11)7-17-10(3)13(14)6-16-17/h4,6,8-9,15H,5,7H2,1-3H3. The van der Waals surface area contributed by atoms with Crippen molar-refractivity contribution in [3.63, 3.8) is 0 Å². The van der Waals surface area contributed by atoms with Crippen molar-refractivity contribution in [3.05, 3.63) is 40.6 Å². The van der Waals surface area contributed by atoms with E-state index < -0.39 is 0 Å². The van der Waals surface area contributed by atoms with Gasteiger partial charge in [-0.15, -0.1) is 0 Å². The van der Waals surface area contributed by atoms with Crippen molar-refractivity contribution in [2.24, 2.45) is 0 Å². The van der Waals surface area contributed by atoms with E-state index >= 15 is 0 Å². The third-order valence-corrected chi connectivity index (χ3v) is 3.14. The van der Waals surface area contributed by atoms with Gasteiger partial charge in [0.15, 0.2) is 0 Å². The molecule has 1 N–H and O–H groups in total. The van der Waals surface area contributed by atoms with Gasteiger partial charge in [0.05, 0.1) is 29.7 Å². The van der Waals surface area contributed by atoms with Crippen LogP contribution < -0.4 is 5.32 Å². The average molecular weight is 268 g/mol. The van der Waals surface area contributed by atoms with Crippen LogP contribution in [-0.2, 0) is 13.1 Å². The van der Waals surface area contributed by atoms with Crippen molar-refractivity contribution in [1.29, 1.82) is 0 Å². The first-order valence-corrected chi connectivity index (χ1v) is 6.41. The van der Waals surface area contributed by atoms with E-state index in [1.807, 2.05) is 17.7 Å². The van der Waals surface area contributed by atoms with Crippen LogP contribution in [0, 0.1) is 6.92 Å². The molecule has 0 atom stereocenters. The quantitative estimate of drug-likeness (QED) is 0.906. The number of aromatic nitrogens is 2. The van der Waals surface area contributed by atoms with E-state index in [-0.39, 0.29) is 0 Å². The van der Waals surface area contributed by atoms with E-state index in [0.717, 1.165) is 23.6 Å². The maximum Gasteiger partial charge on any atom is 0.125 e. The molecule has 98 valence electrons. The summed E-state index contributed by atoms with van der Waals surface area (Å²) >= 11 is 5.96. The maximum atomic E-state index is 5.96. The van der Waals surface area contributed by atoms with Gasteiger partial charge in [-0.2, -0.15) is 5.10 Å². The predicted molar refractivity (Wildman–Crippen MR) is 71.8 cm³/mol. The smallest absolute Gasteiger partial charge is 0.125 e. The number of nitrogens with one attached hydrogen (secondary N) is 1. The monoisotopic (exact) mass is 267 g/mol. The molecule has 0 fully saturated rings. The zero-order valence-electron chi connectivity index (χ0n) is 10.9.